The van der Waals surface area contributed by atoms with Gasteiger partial charge >= 0.3 is 0 Å². The van der Waals surface area contributed by atoms with Gasteiger partial charge in [-0.25, -0.2) is 0 Å². The average molecular weight is 187 g/mol. The lowest BCUT2D eigenvalue weighted by molar-refractivity contribution is 0.941. The van der Waals surface area contributed by atoms with Crippen LogP contribution in [0.5, 0.6) is 0 Å². The molecule has 3 heteroatoms. The SMILES string of the molecule is CCc1ccc(C)c(-c2c[nH]nn2)c1. The van der Waals surface area contributed by atoms with E-state index in [0.29, 0.717) is 0 Å². The van der Waals surface area contributed by atoms with Crippen LogP contribution >= 0.6 is 0 Å². The van der Waals surface area contributed by atoms with Crippen LogP contribution in [-0.4, -0.2) is 15.4 Å². The first-order chi connectivity index (χ1) is 6.81. The van der Waals surface area contributed by atoms with E-state index < -0.39 is 0 Å². The molecule has 0 atom stereocenters. The second-order valence-electron chi connectivity index (χ2n) is 3.36. The zero-order valence-corrected chi connectivity index (χ0v) is 8.41. The fourth-order valence-electron chi connectivity index (χ4n) is 1.50. The Balaban J connectivity index is 2.51. The fourth-order valence-corrected chi connectivity index (χ4v) is 1.50. The van der Waals surface area contributed by atoms with Crippen molar-refractivity contribution in [3.05, 3.63) is 35.5 Å². The van der Waals surface area contributed by atoms with Gasteiger partial charge in [0.2, 0.25) is 0 Å². The van der Waals surface area contributed by atoms with Gasteiger partial charge in [-0.3, -0.25) is 5.10 Å². The molecule has 0 fully saturated rings. The van der Waals surface area contributed by atoms with E-state index in [-0.39, 0.29) is 0 Å². The lowest BCUT2D eigenvalue weighted by Crippen LogP contribution is -1.87. The number of aromatic amines is 1. The molecule has 14 heavy (non-hydrogen) atoms. The summed E-state index contributed by atoms with van der Waals surface area (Å²) in [6.07, 6.45) is 2.87. The monoisotopic (exact) mass is 187 g/mol. The van der Waals surface area contributed by atoms with E-state index in [0.717, 1.165) is 17.7 Å². The molecule has 0 saturated heterocycles. The standard InChI is InChI=1S/C11H13N3/c1-3-9-5-4-8(2)10(6-9)11-7-12-14-13-11/h4-7H,3H2,1-2H3,(H,12,13,14). The maximum Gasteiger partial charge on any atom is 0.113 e. The first-order valence-corrected chi connectivity index (χ1v) is 4.77. The number of nitrogens with one attached hydrogen (secondary N) is 1. The lowest BCUT2D eigenvalue weighted by Gasteiger charge is -2.04. The number of hydrogen-bond acceptors (Lipinski definition) is 2. The zero-order chi connectivity index (χ0) is 9.97. The molecular formula is C11H13N3. The van der Waals surface area contributed by atoms with Gasteiger partial charge in [0.15, 0.2) is 0 Å². The molecule has 0 unspecified atom stereocenters. The third kappa shape index (κ3) is 1.53. The molecule has 72 valence electrons. The van der Waals surface area contributed by atoms with Gasteiger partial charge in [-0.15, -0.1) is 5.10 Å². The van der Waals surface area contributed by atoms with Gasteiger partial charge in [0.05, 0.1) is 0 Å². The summed E-state index contributed by atoms with van der Waals surface area (Å²) in [4.78, 5) is 0. The largest absolute Gasteiger partial charge is 0.265 e. The molecule has 1 aromatic carbocycles. The van der Waals surface area contributed by atoms with Gasteiger partial charge in [0.25, 0.3) is 0 Å². The van der Waals surface area contributed by atoms with Crippen LogP contribution in [0.15, 0.2) is 24.4 Å². The Kier molecular flexibility index (Phi) is 2.31. The van der Waals surface area contributed by atoms with Crippen molar-refractivity contribution in [3.63, 3.8) is 0 Å². The van der Waals surface area contributed by atoms with E-state index in [9.17, 15) is 0 Å². The van der Waals surface area contributed by atoms with Crippen molar-refractivity contribution >= 4 is 0 Å². The van der Waals surface area contributed by atoms with E-state index >= 15 is 0 Å². The minimum atomic E-state index is 0.915. The summed E-state index contributed by atoms with van der Waals surface area (Å²) in [5, 5.41) is 10.5. The molecule has 1 aromatic heterocycles. The van der Waals surface area contributed by atoms with Gasteiger partial charge in [-0.2, -0.15) is 0 Å². The third-order valence-electron chi connectivity index (χ3n) is 2.40. The predicted molar refractivity (Wildman–Crippen MR) is 55.9 cm³/mol. The molecule has 2 rings (SSSR count). The molecule has 0 aliphatic rings. The number of rotatable bonds is 2. The summed E-state index contributed by atoms with van der Waals surface area (Å²) < 4.78 is 0. The Morgan fingerprint density at radius 2 is 2.21 bits per heavy atom. The molecule has 0 saturated carbocycles. The summed E-state index contributed by atoms with van der Waals surface area (Å²) in [5.41, 5.74) is 4.64. The summed E-state index contributed by atoms with van der Waals surface area (Å²) in [6, 6.07) is 6.45. The number of nitrogens with zero attached hydrogens (tertiary/aromatic N) is 2. The van der Waals surface area contributed by atoms with Crippen LogP contribution in [0.2, 0.25) is 0 Å². The van der Waals surface area contributed by atoms with Crippen LogP contribution in [0.4, 0.5) is 0 Å². The van der Waals surface area contributed by atoms with E-state index in [1.807, 2.05) is 6.20 Å². The predicted octanol–water partition coefficient (Wildman–Crippen LogP) is 2.34. The van der Waals surface area contributed by atoms with Gasteiger partial charge in [0.1, 0.15) is 5.69 Å². The molecule has 1 heterocycles. The molecule has 1 N–H and O–H groups in total. The van der Waals surface area contributed by atoms with Crippen LogP contribution in [0.25, 0.3) is 11.3 Å². The minimum Gasteiger partial charge on any atom is -0.265 e. The molecule has 0 amide bonds. The normalized spacial score (nSPS) is 10.4. The number of H-pyrrole nitrogens is 1. The first-order valence-electron chi connectivity index (χ1n) is 4.77. The second-order valence-corrected chi connectivity index (χ2v) is 3.36. The van der Waals surface area contributed by atoms with Crippen LogP contribution in [0, 0.1) is 6.92 Å². The third-order valence-corrected chi connectivity index (χ3v) is 2.40. The zero-order valence-electron chi connectivity index (χ0n) is 8.41. The molecule has 0 spiro atoms. The summed E-state index contributed by atoms with van der Waals surface area (Å²) in [5.74, 6) is 0. The Bertz CT molecular complexity index is 418. The Hall–Kier alpha value is -1.64. The van der Waals surface area contributed by atoms with Crippen LogP contribution in [0.1, 0.15) is 18.1 Å². The van der Waals surface area contributed by atoms with Gasteiger partial charge < -0.3 is 0 Å². The van der Waals surface area contributed by atoms with Crippen LogP contribution in [0.3, 0.4) is 0 Å². The number of aryl methyl sites for hydroxylation is 2. The highest BCUT2D eigenvalue weighted by molar-refractivity contribution is 5.63. The minimum absolute atomic E-state index is 0.915. The summed E-state index contributed by atoms with van der Waals surface area (Å²) in [6.45, 7) is 4.24. The highest BCUT2D eigenvalue weighted by Crippen LogP contribution is 2.21. The maximum atomic E-state index is 4.02. The van der Waals surface area contributed by atoms with Crippen molar-refractivity contribution in [2.45, 2.75) is 20.3 Å². The van der Waals surface area contributed by atoms with Crippen molar-refractivity contribution in [1.29, 1.82) is 0 Å². The van der Waals surface area contributed by atoms with Crippen molar-refractivity contribution in [2.24, 2.45) is 0 Å². The average Bonchev–Trinajstić information content (AvgIpc) is 2.71. The Labute approximate surface area is 83.2 Å². The van der Waals surface area contributed by atoms with E-state index in [1.54, 1.807) is 0 Å². The van der Waals surface area contributed by atoms with Crippen molar-refractivity contribution < 1.29 is 0 Å². The van der Waals surface area contributed by atoms with Gasteiger partial charge in [0, 0.05) is 11.8 Å². The highest BCUT2D eigenvalue weighted by atomic mass is 15.3. The fraction of sp³-hybridized carbons (Fsp3) is 0.273. The molecular weight excluding hydrogens is 174 g/mol. The Morgan fingerprint density at radius 3 is 2.86 bits per heavy atom. The second kappa shape index (κ2) is 3.62. The molecule has 2 aromatic rings. The van der Waals surface area contributed by atoms with E-state index in [4.69, 9.17) is 0 Å². The number of aromatic nitrogens is 3. The summed E-state index contributed by atoms with van der Waals surface area (Å²) >= 11 is 0. The molecule has 0 radical (unpaired) electrons. The number of benzene rings is 1. The quantitative estimate of drug-likeness (QED) is 0.784. The van der Waals surface area contributed by atoms with Crippen LogP contribution in [-0.2, 0) is 6.42 Å². The maximum absolute atomic E-state index is 4.02. The highest BCUT2D eigenvalue weighted by Gasteiger charge is 2.04. The topological polar surface area (TPSA) is 41.6 Å². The lowest BCUT2D eigenvalue weighted by atomic mass is 10.0. The van der Waals surface area contributed by atoms with Crippen molar-refractivity contribution in [2.75, 3.05) is 0 Å². The molecule has 3 nitrogen and oxygen atoms in total. The first kappa shape index (κ1) is 8.94. The van der Waals surface area contributed by atoms with Crippen LogP contribution < -0.4 is 0 Å². The van der Waals surface area contributed by atoms with Crippen molar-refractivity contribution in [3.8, 4) is 11.3 Å². The Morgan fingerprint density at radius 1 is 1.36 bits per heavy atom. The molecule has 0 aliphatic carbocycles. The molecule has 0 aliphatic heterocycles. The smallest absolute Gasteiger partial charge is 0.113 e. The number of hydrogen-bond donors (Lipinski definition) is 1. The van der Waals surface area contributed by atoms with Crippen molar-refractivity contribution in [1.82, 2.24) is 15.4 Å². The van der Waals surface area contributed by atoms with E-state index in [1.165, 1.54) is 11.1 Å². The summed E-state index contributed by atoms with van der Waals surface area (Å²) in [7, 11) is 0. The molecule has 0 bridgehead atoms. The van der Waals surface area contributed by atoms with Gasteiger partial charge in [-0.05, 0) is 30.5 Å². The van der Waals surface area contributed by atoms with Gasteiger partial charge in [-0.1, -0.05) is 24.3 Å². The van der Waals surface area contributed by atoms with E-state index in [2.05, 4.69) is 47.5 Å².